The molecule has 4 aromatic rings. The molecule has 0 saturated heterocycles. The van der Waals surface area contributed by atoms with Gasteiger partial charge < -0.3 is 15.6 Å². The van der Waals surface area contributed by atoms with Gasteiger partial charge >= 0.3 is 0 Å². The smallest absolute Gasteiger partial charge is 0.251 e. The summed E-state index contributed by atoms with van der Waals surface area (Å²) in [7, 11) is 0. The molecule has 0 saturated carbocycles. The van der Waals surface area contributed by atoms with Crippen LogP contribution in [0.25, 0.3) is 22.4 Å². The van der Waals surface area contributed by atoms with E-state index in [9.17, 15) is 9.59 Å². The number of hydrogen-bond acceptors (Lipinski definition) is 3. The maximum Gasteiger partial charge on any atom is 0.251 e. The summed E-state index contributed by atoms with van der Waals surface area (Å²) < 4.78 is 0. The zero-order chi connectivity index (χ0) is 24.5. The van der Waals surface area contributed by atoms with Crippen molar-refractivity contribution >= 4 is 34.7 Å². The van der Waals surface area contributed by atoms with Crippen LogP contribution in [0.4, 0.5) is 11.4 Å². The number of rotatable bonds is 5. The first kappa shape index (κ1) is 23.4. The number of fused-ring (bicyclic) bond motifs is 1. The van der Waals surface area contributed by atoms with Crippen LogP contribution >= 0.6 is 0 Å². The molecule has 0 spiro atoms. The van der Waals surface area contributed by atoms with Gasteiger partial charge in [0.15, 0.2) is 0 Å². The van der Waals surface area contributed by atoms with E-state index in [-0.39, 0.29) is 5.91 Å². The van der Waals surface area contributed by atoms with E-state index in [1.165, 1.54) is 5.56 Å². The quantitative estimate of drug-likeness (QED) is 0.310. The average Bonchev–Trinajstić information content (AvgIpc) is 3.10. The normalized spacial score (nSPS) is 12.2. The number of aromatic nitrogens is 2. The Bertz CT molecular complexity index is 1400. The minimum Gasteiger partial charge on any atom is -0.338 e. The molecule has 1 heterocycles. The van der Waals surface area contributed by atoms with Gasteiger partial charge in [-0.2, -0.15) is 0 Å². The number of nitrogens with one attached hydrogen (secondary N) is 3. The van der Waals surface area contributed by atoms with Gasteiger partial charge in [0.05, 0.1) is 11.0 Å². The largest absolute Gasteiger partial charge is 0.338 e. The maximum atomic E-state index is 12.4. The molecular weight excluding hydrogens is 436 g/mol. The fourth-order valence-electron chi connectivity index (χ4n) is 3.51. The second-order valence-corrected chi connectivity index (χ2v) is 7.97. The highest BCUT2D eigenvalue weighted by molar-refractivity contribution is 6.04. The zero-order valence-electron chi connectivity index (χ0n) is 19.4. The van der Waals surface area contributed by atoms with E-state index in [1.54, 1.807) is 6.07 Å². The molecule has 1 aliphatic rings. The highest BCUT2D eigenvalue weighted by atomic mass is 16.1. The minimum atomic E-state index is -0.108. The summed E-state index contributed by atoms with van der Waals surface area (Å²) in [4.78, 5) is 30.8. The minimum absolute atomic E-state index is 0.108. The van der Waals surface area contributed by atoms with Gasteiger partial charge in [-0.3, -0.25) is 9.59 Å². The first-order valence-corrected chi connectivity index (χ1v) is 11.3. The Balaban J connectivity index is 0.000000356. The van der Waals surface area contributed by atoms with Crippen molar-refractivity contribution in [3.05, 3.63) is 114 Å². The number of hydrogen-bond donors (Lipinski definition) is 3. The summed E-state index contributed by atoms with van der Waals surface area (Å²) in [6.45, 7) is 2.08. The van der Waals surface area contributed by atoms with Crippen molar-refractivity contribution in [1.82, 2.24) is 9.97 Å². The first-order valence-electron chi connectivity index (χ1n) is 11.3. The van der Waals surface area contributed by atoms with Crippen molar-refractivity contribution in [3.8, 4) is 11.4 Å². The van der Waals surface area contributed by atoms with Gasteiger partial charge in [-0.05, 0) is 55.8 Å². The Morgan fingerprint density at radius 1 is 0.943 bits per heavy atom. The SMILES string of the molecule is Cc1ccccc1.O=CNc1ccc2nc(-c3ccc(NC(=O)C4=CC=CC=CC4)cc3)[nH]c2c1. The van der Waals surface area contributed by atoms with Crippen LogP contribution in [0.3, 0.4) is 0 Å². The third kappa shape index (κ3) is 6.42. The lowest BCUT2D eigenvalue weighted by molar-refractivity contribution is -0.113. The molecule has 0 bridgehead atoms. The number of benzene rings is 3. The highest BCUT2D eigenvalue weighted by Crippen LogP contribution is 2.24. The monoisotopic (exact) mass is 462 g/mol. The third-order valence-electron chi connectivity index (χ3n) is 5.35. The number of aryl methyl sites for hydroxylation is 1. The van der Waals surface area contributed by atoms with Crippen LogP contribution in [-0.2, 0) is 9.59 Å². The number of nitrogens with zero attached hydrogens (tertiary/aromatic N) is 1. The molecular formula is C29H26N4O2. The summed E-state index contributed by atoms with van der Waals surface area (Å²) >= 11 is 0. The molecule has 0 atom stereocenters. The Kier molecular flexibility index (Phi) is 7.66. The molecule has 0 radical (unpaired) electrons. The number of allylic oxidation sites excluding steroid dienone is 5. The number of carbonyl (C=O) groups excluding carboxylic acids is 2. The fourth-order valence-corrected chi connectivity index (χ4v) is 3.51. The van der Waals surface area contributed by atoms with Crippen LogP contribution in [0.5, 0.6) is 0 Å². The highest BCUT2D eigenvalue weighted by Gasteiger charge is 2.10. The second-order valence-electron chi connectivity index (χ2n) is 7.97. The molecule has 6 heteroatoms. The van der Waals surface area contributed by atoms with E-state index in [4.69, 9.17) is 0 Å². The van der Waals surface area contributed by atoms with E-state index in [0.29, 0.717) is 24.1 Å². The maximum absolute atomic E-state index is 12.4. The third-order valence-corrected chi connectivity index (χ3v) is 5.35. The van der Waals surface area contributed by atoms with Crippen molar-refractivity contribution in [1.29, 1.82) is 0 Å². The number of imidazole rings is 1. The van der Waals surface area contributed by atoms with Gasteiger partial charge in [0.2, 0.25) is 6.41 Å². The number of H-pyrrole nitrogens is 1. The van der Waals surface area contributed by atoms with Gasteiger partial charge in [0, 0.05) is 22.5 Å². The molecule has 5 rings (SSSR count). The van der Waals surface area contributed by atoms with Crippen LogP contribution in [0.1, 0.15) is 12.0 Å². The van der Waals surface area contributed by atoms with E-state index in [2.05, 4.69) is 39.7 Å². The molecule has 3 N–H and O–H groups in total. The molecule has 2 amide bonds. The molecule has 174 valence electrons. The van der Waals surface area contributed by atoms with Gasteiger partial charge in [0.25, 0.3) is 5.91 Å². The summed E-state index contributed by atoms with van der Waals surface area (Å²) in [5.74, 6) is 0.612. The predicted molar refractivity (Wildman–Crippen MR) is 142 cm³/mol. The van der Waals surface area contributed by atoms with Crippen LogP contribution < -0.4 is 10.6 Å². The van der Waals surface area contributed by atoms with Crippen molar-refractivity contribution in [2.24, 2.45) is 0 Å². The lowest BCUT2D eigenvalue weighted by Crippen LogP contribution is -2.13. The molecule has 6 nitrogen and oxygen atoms in total. The van der Waals surface area contributed by atoms with E-state index < -0.39 is 0 Å². The van der Waals surface area contributed by atoms with E-state index in [0.717, 1.165) is 28.1 Å². The van der Waals surface area contributed by atoms with Crippen molar-refractivity contribution < 1.29 is 9.59 Å². The molecule has 35 heavy (non-hydrogen) atoms. The average molecular weight is 463 g/mol. The van der Waals surface area contributed by atoms with Crippen LogP contribution in [0, 0.1) is 6.92 Å². The van der Waals surface area contributed by atoms with Crippen molar-refractivity contribution in [2.45, 2.75) is 13.3 Å². The molecule has 1 aliphatic carbocycles. The summed E-state index contributed by atoms with van der Waals surface area (Å²) in [5, 5.41) is 5.54. The lowest BCUT2D eigenvalue weighted by atomic mass is 10.1. The zero-order valence-corrected chi connectivity index (χ0v) is 19.4. The molecule has 1 aromatic heterocycles. The molecule has 0 aliphatic heterocycles. The molecule has 0 fully saturated rings. The summed E-state index contributed by atoms with van der Waals surface area (Å²) in [5.41, 5.74) is 6.01. The Morgan fingerprint density at radius 2 is 1.71 bits per heavy atom. The lowest BCUT2D eigenvalue weighted by Gasteiger charge is -2.07. The van der Waals surface area contributed by atoms with Crippen molar-refractivity contribution in [3.63, 3.8) is 0 Å². The second kappa shape index (κ2) is 11.4. The van der Waals surface area contributed by atoms with Crippen LogP contribution in [0.15, 0.2) is 109 Å². The first-order chi connectivity index (χ1) is 17.1. The fraction of sp³-hybridized carbons (Fsp3) is 0.0690. The van der Waals surface area contributed by atoms with Gasteiger partial charge in [-0.15, -0.1) is 0 Å². The molecule has 0 unspecified atom stereocenters. The van der Waals surface area contributed by atoms with E-state index >= 15 is 0 Å². The van der Waals surface area contributed by atoms with Gasteiger partial charge in [-0.25, -0.2) is 4.98 Å². The Hall–Kier alpha value is -4.71. The van der Waals surface area contributed by atoms with Crippen LogP contribution in [-0.4, -0.2) is 22.3 Å². The number of anilines is 2. The topological polar surface area (TPSA) is 86.9 Å². The summed E-state index contributed by atoms with van der Waals surface area (Å²) in [6, 6.07) is 23.2. The predicted octanol–water partition coefficient (Wildman–Crippen LogP) is 6.17. The van der Waals surface area contributed by atoms with Crippen molar-refractivity contribution in [2.75, 3.05) is 10.6 Å². The standard InChI is InChI=1S/C22H18N4O2.C7H8/c27-14-23-18-11-12-19-20(13-18)26-21(25-19)15-7-9-17(10-8-15)24-22(28)16-5-3-1-2-4-6-16;1-7-5-3-2-4-6-7/h1-5,7-14H,6H2,(H,23,27)(H,24,28)(H,25,26);2-6H,1H3. The Morgan fingerprint density at radius 3 is 2.43 bits per heavy atom. The summed E-state index contributed by atoms with van der Waals surface area (Å²) in [6.07, 6.45) is 10.7. The van der Waals surface area contributed by atoms with Gasteiger partial charge in [-0.1, -0.05) is 66.3 Å². The number of amides is 2. The van der Waals surface area contributed by atoms with E-state index in [1.807, 2.05) is 85.0 Å². The number of aromatic amines is 1. The van der Waals surface area contributed by atoms with Crippen LogP contribution in [0.2, 0.25) is 0 Å². The number of carbonyl (C=O) groups is 2. The Labute approximate surface area is 204 Å². The van der Waals surface area contributed by atoms with Gasteiger partial charge in [0.1, 0.15) is 5.82 Å². The molecule has 3 aromatic carbocycles.